The number of fused-ring (bicyclic) bond motifs is 1. The zero-order valence-corrected chi connectivity index (χ0v) is 17.0. The number of nitrogens with one attached hydrogen (secondary N) is 1. The lowest BCUT2D eigenvalue weighted by atomic mass is 9.65. The number of carbonyl (C=O) groups is 2. The van der Waals surface area contributed by atoms with Gasteiger partial charge in [0.2, 0.25) is 11.8 Å². The van der Waals surface area contributed by atoms with Crippen molar-refractivity contribution < 1.29 is 9.59 Å². The Morgan fingerprint density at radius 2 is 1.85 bits per heavy atom. The first-order chi connectivity index (χ1) is 12.9. The standard InChI is InChI=1S/C22H29ClN2O2/c1-3-9-22(10-4-11-22)21(27)24-19-17-12-25(13-18(17)19)20(26)14(2)15-5-7-16(23)8-6-15/h5-8,14,17-19H,3-4,9-13H2,1-2H3,(H,24,27)/t14?,17-,18+,19?. The molecule has 5 heteroatoms. The third-order valence-electron chi connectivity index (χ3n) is 7.06. The number of nitrogens with zero attached hydrogens (tertiary/aromatic N) is 1. The van der Waals surface area contributed by atoms with E-state index in [0.29, 0.717) is 16.9 Å². The van der Waals surface area contributed by atoms with Crippen LogP contribution in [0.2, 0.25) is 5.02 Å². The summed E-state index contributed by atoms with van der Waals surface area (Å²) in [6, 6.07) is 7.80. The van der Waals surface area contributed by atoms with Gasteiger partial charge in [-0.15, -0.1) is 0 Å². The van der Waals surface area contributed by atoms with Crippen LogP contribution >= 0.6 is 11.6 Å². The fourth-order valence-corrected chi connectivity index (χ4v) is 5.19. The third-order valence-corrected chi connectivity index (χ3v) is 7.32. The van der Waals surface area contributed by atoms with Crippen LogP contribution in [0.4, 0.5) is 0 Å². The van der Waals surface area contributed by atoms with Crippen molar-refractivity contribution >= 4 is 23.4 Å². The molecule has 146 valence electrons. The number of rotatable bonds is 6. The van der Waals surface area contributed by atoms with Gasteiger partial charge in [0.05, 0.1) is 5.92 Å². The molecule has 2 unspecified atom stereocenters. The van der Waals surface area contributed by atoms with Crippen molar-refractivity contribution in [2.75, 3.05) is 13.1 Å². The lowest BCUT2D eigenvalue weighted by Gasteiger charge is -2.40. The lowest BCUT2D eigenvalue weighted by Crippen LogP contribution is -2.48. The second-order valence-electron chi connectivity index (χ2n) is 8.73. The maximum absolute atomic E-state index is 12.8. The highest BCUT2D eigenvalue weighted by Gasteiger charge is 2.59. The molecule has 2 aliphatic carbocycles. The molecule has 0 aromatic heterocycles. The van der Waals surface area contributed by atoms with Crippen LogP contribution in [0.15, 0.2) is 24.3 Å². The molecule has 0 bridgehead atoms. The highest BCUT2D eigenvalue weighted by atomic mass is 35.5. The summed E-state index contributed by atoms with van der Waals surface area (Å²) in [6.07, 6.45) is 5.33. The summed E-state index contributed by atoms with van der Waals surface area (Å²) in [5.41, 5.74) is 0.908. The topological polar surface area (TPSA) is 49.4 Å². The van der Waals surface area contributed by atoms with E-state index in [1.807, 2.05) is 36.1 Å². The third kappa shape index (κ3) is 3.37. The molecule has 1 N–H and O–H groups in total. The molecule has 0 radical (unpaired) electrons. The van der Waals surface area contributed by atoms with Gasteiger partial charge in [-0.3, -0.25) is 9.59 Å². The van der Waals surface area contributed by atoms with Crippen LogP contribution in [0, 0.1) is 17.3 Å². The smallest absolute Gasteiger partial charge is 0.229 e. The van der Waals surface area contributed by atoms with Crippen molar-refractivity contribution in [2.45, 2.75) is 57.9 Å². The van der Waals surface area contributed by atoms with E-state index in [1.54, 1.807) is 0 Å². The van der Waals surface area contributed by atoms with E-state index in [0.717, 1.165) is 44.3 Å². The molecular weight excluding hydrogens is 360 g/mol. The first kappa shape index (κ1) is 18.8. The lowest BCUT2D eigenvalue weighted by molar-refractivity contribution is -0.137. The summed E-state index contributed by atoms with van der Waals surface area (Å²) in [7, 11) is 0. The Morgan fingerprint density at radius 1 is 1.22 bits per heavy atom. The van der Waals surface area contributed by atoms with Gasteiger partial charge in [0.25, 0.3) is 0 Å². The quantitative estimate of drug-likeness (QED) is 0.801. The molecule has 2 amide bonds. The number of carbonyl (C=O) groups excluding carboxylic acids is 2. The molecule has 4 rings (SSSR count). The Kier molecular flexibility index (Phi) is 4.96. The highest BCUT2D eigenvalue weighted by Crippen LogP contribution is 2.49. The van der Waals surface area contributed by atoms with Gasteiger partial charge < -0.3 is 10.2 Å². The second-order valence-corrected chi connectivity index (χ2v) is 9.16. The Hall–Kier alpha value is -1.55. The van der Waals surface area contributed by atoms with Crippen LogP contribution in [0.5, 0.6) is 0 Å². The number of amides is 2. The molecule has 4 atom stereocenters. The minimum Gasteiger partial charge on any atom is -0.352 e. The zero-order chi connectivity index (χ0) is 19.2. The van der Waals surface area contributed by atoms with Gasteiger partial charge in [-0.1, -0.05) is 43.5 Å². The molecule has 1 saturated heterocycles. The van der Waals surface area contributed by atoms with Gasteiger partial charge in [-0.05, 0) is 43.9 Å². The van der Waals surface area contributed by atoms with Gasteiger partial charge in [-0.25, -0.2) is 0 Å². The van der Waals surface area contributed by atoms with E-state index in [9.17, 15) is 9.59 Å². The van der Waals surface area contributed by atoms with Crippen LogP contribution in [0.1, 0.15) is 57.4 Å². The van der Waals surface area contributed by atoms with E-state index in [2.05, 4.69) is 12.2 Å². The number of piperidine rings is 1. The Bertz CT molecular complexity index is 716. The van der Waals surface area contributed by atoms with Gasteiger partial charge in [0.15, 0.2) is 0 Å². The number of hydrogen-bond acceptors (Lipinski definition) is 2. The molecule has 0 spiro atoms. The van der Waals surface area contributed by atoms with Crippen LogP contribution in [-0.2, 0) is 9.59 Å². The van der Waals surface area contributed by atoms with Crippen LogP contribution in [0.25, 0.3) is 0 Å². The Morgan fingerprint density at radius 3 is 2.37 bits per heavy atom. The minimum atomic E-state index is -0.157. The van der Waals surface area contributed by atoms with Crippen molar-refractivity contribution in [1.29, 1.82) is 0 Å². The molecule has 1 heterocycles. The minimum absolute atomic E-state index is 0.0930. The van der Waals surface area contributed by atoms with E-state index in [4.69, 9.17) is 11.6 Å². The molecule has 1 aliphatic heterocycles. The molecule has 1 aromatic carbocycles. The van der Waals surface area contributed by atoms with Gasteiger partial charge >= 0.3 is 0 Å². The van der Waals surface area contributed by atoms with Gasteiger partial charge in [0, 0.05) is 41.4 Å². The van der Waals surface area contributed by atoms with Crippen LogP contribution in [0.3, 0.4) is 0 Å². The first-order valence-corrected chi connectivity index (χ1v) is 10.7. The average Bonchev–Trinajstić information content (AvgIpc) is 3.06. The van der Waals surface area contributed by atoms with Gasteiger partial charge in [0.1, 0.15) is 0 Å². The zero-order valence-electron chi connectivity index (χ0n) is 16.2. The van der Waals surface area contributed by atoms with Gasteiger partial charge in [-0.2, -0.15) is 0 Å². The Balaban J connectivity index is 1.30. The van der Waals surface area contributed by atoms with Crippen molar-refractivity contribution in [3.8, 4) is 0 Å². The fraction of sp³-hybridized carbons (Fsp3) is 0.636. The summed E-state index contributed by atoms with van der Waals surface area (Å²) >= 11 is 5.94. The largest absolute Gasteiger partial charge is 0.352 e. The number of likely N-dealkylation sites (tertiary alicyclic amines) is 1. The molecule has 27 heavy (non-hydrogen) atoms. The SMILES string of the molecule is CCCC1(C(=O)NC2[C@H]3CN(C(=O)C(C)c4ccc(Cl)cc4)C[C@@H]23)CCC1. The monoisotopic (exact) mass is 388 g/mol. The maximum Gasteiger partial charge on any atom is 0.229 e. The molecule has 3 fully saturated rings. The average molecular weight is 389 g/mol. The van der Waals surface area contributed by atoms with E-state index in [1.165, 1.54) is 6.42 Å². The predicted molar refractivity (Wildman–Crippen MR) is 107 cm³/mol. The number of benzene rings is 1. The second kappa shape index (κ2) is 7.12. The summed E-state index contributed by atoms with van der Waals surface area (Å²) in [5.74, 6) is 1.16. The predicted octanol–water partition coefficient (Wildman–Crippen LogP) is 3.99. The van der Waals surface area contributed by atoms with Crippen molar-refractivity contribution in [3.05, 3.63) is 34.9 Å². The summed E-state index contributed by atoms with van der Waals surface area (Å²) < 4.78 is 0. The number of halogens is 1. The molecule has 2 saturated carbocycles. The summed E-state index contributed by atoms with van der Waals surface area (Å²) in [6.45, 7) is 5.66. The molecule has 4 nitrogen and oxygen atoms in total. The van der Waals surface area contributed by atoms with E-state index in [-0.39, 0.29) is 29.2 Å². The van der Waals surface area contributed by atoms with E-state index < -0.39 is 0 Å². The normalized spacial score (nSPS) is 28.9. The molecule has 3 aliphatic rings. The number of hydrogen-bond donors (Lipinski definition) is 1. The first-order valence-electron chi connectivity index (χ1n) is 10.3. The summed E-state index contributed by atoms with van der Waals surface area (Å²) in [5, 5.41) is 4.01. The van der Waals surface area contributed by atoms with Crippen molar-refractivity contribution in [2.24, 2.45) is 17.3 Å². The molecule has 1 aromatic rings. The van der Waals surface area contributed by atoms with Crippen molar-refractivity contribution in [3.63, 3.8) is 0 Å². The Labute approximate surface area is 166 Å². The summed E-state index contributed by atoms with van der Waals surface area (Å²) in [4.78, 5) is 27.6. The van der Waals surface area contributed by atoms with Crippen LogP contribution < -0.4 is 5.32 Å². The molecular formula is C22H29ClN2O2. The van der Waals surface area contributed by atoms with E-state index >= 15 is 0 Å². The highest BCUT2D eigenvalue weighted by molar-refractivity contribution is 6.30. The van der Waals surface area contributed by atoms with Crippen LogP contribution in [-0.4, -0.2) is 35.8 Å². The maximum atomic E-state index is 12.8. The van der Waals surface area contributed by atoms with Crippen molar-refractivity contribution in [1.82, 2.24) is 10.2 Å². The fourth-order valence-electron chi connectivity index (χ4n) is 5.07.